The van der Waals surface area contributed by atoms with E-state index >= 15 is 0 Å². The normalized spacial score (nSPS) is 12.7. The second kappa shape index (κ2) is 5.70. The van der Waals surface area contributed by atoms with Crippen LogP contribution in [0.15, 0.2) is 23.1 Å². The Morgan fingerprint density at radius 1 is 1.15 bits per heavy atom. The van der Waals surface area contributed by atoms with E-state index < -0.39 is 20.2 Å². The van der Waals surface area contributed by atoms with Gasteiger partial charge in [0.25, 0.3) is 9.84 Å². The number of alkyl halides is 3. The molecule has 0 saturated heterocycles. The Labute approximate surface area is 146 Å². The van der Waals surface area contributed by atoms with Crippen LogP contribution in [-0.4, -0.2) is 34.7 Å². The molecule has 26 heavy (non-hydrogen) atoms. The Bertz CT molecular complexity index is 1140. The SMILES string of the molecule is CC(=O)c1c(C)[nH]c(-c2nc3ccc(S(=O)(=O)C(F)(F)F)cc3[nH]2)c1C. The van der Waals surface area contributed by atoms with Crippen LogP contribution in [0.3, 0.4) is 0 Å². The quantitative estimate of drug-likeness (QED) is 0.673. The van der Waals surface area contributed by atoms with Crippen molar-refractivity contribution in [2.24, 2.45) is 0 Å². The highest BCUT2D eigenvalue weighted by molar-refractivity contribution is 7.92. The summed E-state index contributed by atoms with van der Waals surface area (Å²) in [7, 11) is -5.45. The predicted molar refractivity (Wildman–Crippen MR) is 88.6 cm³/mol. The van der Waals surface area contributed by atoms with Gasteiger partial charge in [0.15, 0.2) is 11.6 Å². The van der Waals surface area contributed by atoms with Gasteiger partial charge in [0, 0.05) is 11.3 Å². The minimum Gasteiger partial charge on any atom is -0.355 e. The molecule has 6 nitrogen and oxygen atoms in total. The minimum atomic E-state index is -5.45. The number of benzene rings is 1. The third kappa shape index (κ3) is 2.70. The van der Waals surface area contributed by atoms with Gasteiger partial charge in [-0.2, -0.15) is 13.2 Å². The number of carbonyl (C=O) groups is 1. The van der Waals surface area contributed by atoms with Crippen molar-refractivity contribution < 1.29 is 26.4 Å². The van der Waals surface area contributed by atoms with Crippen LogP contribution in [0.25, 0.3) is 22.6 Å². The fraction of sp³-hybridized carbons (Fsp3) is 0.250. The maximum atomic E-state index is 12.7. The first-order valence-electron chi connectivity index (χ1n) is 7.45. The van der Waals surface area contributed by atoms with Crippen LogP contribution >= 0.6 is 0 Å². The molecule has 0 bridgehead atoms. The van der Waals surface area contributed by atoms with E-state index in [0.29, 0.717) is 33.9 Å². The Balaban J connectivity index is 2.15. The zero-order valence-corrected chi connectivity index (χ0v) is 14.8. The van der Waals surface area contributed by atoms with E-state index in [1.165, 1.54) is 13.0 Å². The van der Waals surface area contributed by atoms with Gasteiger partial charge in [0.2, 0.25) is 0 Å². The number of nitrogens with zero attached hydrogens (tertiary/aromatic N) is 1. The molecule has 0 aliphatic heterocycles. The predicted octanol–water partition coefficient (Wildman–Crippen LogP) is 3.67. The van der Waals surface area contributed by atoms with Gasteiger partial charge < -0.3 is 9.97 Å². The number of hydrogen-bond acceptors (Lipinski definition) is 4. The lowest BCUT2D eigenvalue weighted by Gasteiger charge is -2.07. The van der Waals surface area contributed by atoms with E-state index in [9.17, 15) is 26.4 Å². The van der Waals surface area contributed by atoms with E-state index in [0.717, 1.165) is 12.1 Å². The van der Waals surface area contributed by atoms with E-state index in [1.54, 1.807) is 13.8 Å². The third-order valence-electron chi connectivity index (χ3n) is 4.09. The number of aromatic nitrogens is 3. The number of carbonyl (C=O) groups excluding carboxylic acids is 1. The van der Waals surface area contributed by atoms with Crippen LogP contribution in [0.4, 0.5) is 13.2 Å². The smallest absolute Gasteiger partial charge is 0.355 e. The molecule has 0 radical (unpaired) electrons. The molecule has 3 aromatic rings. The second-order valence-electron chi connectivity index (χ2n) is 5.89. The Hall–Kier alpha value is -2.62. The lowest BCUT2D eigenvalue weighted by molar-refractivity contribution is -0.0435. The molecular formula is C16H14F3N3O3S. The Kier molecular flexibility index (Phi) is 3.98. The largest absolute Gasteiger partial charge is 0.501 e. The van der Waals surface area contributed by atoms with Crippen LogP contribution in [0, 0.1) is 13.8 Å². The van der Waals surface area contributed by atoms with Crippen molar-refractivity contribution in [3.63, 3.8) is 0 Å². The molecule has 0 spiro atoms. The van der Waals surface area contributed by atoms with Gasteiger partial charge in [0.1, 0.15) is 0 Å². The molecule has 138 valence electrons. The number of hydrogen-bond donors (Lipinski definition) is 2. The number of sulfone groups is 1. The first kappa shape index (κ1) is 18.2. The number of rotatable bonds is 3. The average Bonchev–Trinajstić information content (AvgIpc) is 3.05. The Morgan fingerprint density at radius 3 is 2.35 bits per heavy atom. The van der Waals surface area contributed by atoms with Crippen LogP contribution < -0.4 is 0 Å². The maximum absolute atomic E-state index is 12.7. The fourth-order valence-corrected chi connectivity index (χ4v) is 3.71. The maximum Gasteiger partial charge on any atom is 0.501 e. The summed E-state index contributed by atoms with van der Waals surface area (Å²) in [5.41, 5.74) is -2.61. The van der Waals surface area contributed by atoms with Crippen molar-refractivity contribution in [3.8, 4) is 11.5 Å². The summed E-state index contributed by atoms with van der Waals surface area (Å²) in [4.78, 5) is 21.0. The molecule has 0 unspecified atom stereocenters. The zero-order valence-electron chi connectivity index (χ0n) is 13.9. The molecule has 2 heterocycles. The first-order valence-corrected chi connectivity index (χ1v) is 8.93. The van der Waals surface area contributed by atoms with Gasteiger partial charge in [0.05, 0.1) is 21.6 Å². The van der Waals surface area contributed by atoms with E-state index in [4.69, 9.17) is 0 Å². The highest BCUT2D eigenvalue weighted by Gasteiger charge is 2.47. The zero-order chi connectivity index (χ0) is 19.4. The number of Topliss-reactive ketones (excluding diaryl/α,β-unsaturated/α-hetero) is 1. The molecule has 3 rings (SSSR count). The number of ketones is 1. The van der Waals surface area contributed by atoms with Crippen molar-refractivity contribution in [2.45, 2.75) is 31.2 Å². The topological polar surface area (TPSA) is 95.7 Å². The average molecular weight is 385 g/mol. The summed E-state index contributed by atoms with van der Waals surface area (Å²) in [6, 6.07) is 2.96. The van der Waals surface area contributed by atoms with E-state index in [1.807, 2.05) is 0 Å². The molecule has 0 atom stereocenters. The lowest BCUT2D eigenvalue weighted by atomic mass is 10.1. The highest BCUT2D eigenvalue weighted by atomic mass is 32.2. The van der Waals surface area contributed by atoms with Crippen molar-refractivity contribution >= 4 is 26.7 Å². The molecule has 1 aromatic carbocycles. The number of aromatic amines is 2. The molecule has 2 N–H and O–H groups in total. The van der Waals surface area contributed by atoms with Gasteiger partial charge in [-0.05, 0) is 44.5 Å². The second-order valence-corrected chi connectivity index (χ2v) is 7.84. The number of halogens is 3. The van der Waals surface area contributed by atoms with Gasteiger partial charge in [-0.1, -0.05) is 0 Å². The van der Waals surface area contributed by atoms with Crippen molar-refractivity contribution in [3.05, 3.63) is 35.0 Å². The standard InChI is InChI=1S/C16H14F3N3O3S/c1-7-13(9(3)23)8(2)20-14(7)15-21-11-5-4-10(6-12(11)22-15)26(24,25)16(17,18)19/h4-6,20H,1-3H3,(H,21,22). The number of fused-ring (bicyclic) bond motifs is 1. The van der Waals surface area contributed by atoms with Crippen molar-refractivity contribution in [2.75, 3.05) is 0 Å². The Morgan fingerprint density at radius 2 is 1.81 bits per heavy atom. The fourth-order valence-electron chi connectivity index (χ4n) is 2.92. The molecule has 0 aliphatic carbocycles. The number of imidazole rings is 1. The highest BCUT2D eigenvalue weighted by Crippen LogP contribution is 2.33. The van der Waals surface area contributed by atoms with Crippen LogP contribution in [-0.2, 0) is 9.84 Å². The van der Waals surface area contributed by atoms with E-state index in [2.05, 4.69) is 15.0 Å². The summed E-state index contributed by atoms with van der Waals surface area (Å²) in [5.74, 6) is 0.173. The molecule has 0 aliphatic rings. The first-order chi connectivity index (χ1) is 11.9. The van der Waals surface area contributed by atoms with Gasteiger partial charge in [-0.3, -0.25) is 4.79 Å². The molecule has 0 fully saturated rings. The molecular weight excluding hydrogens is 371 g/mol. The number of nitrogens with one attached hydrogen (secondary N) is 2. The summed E-state index contributed by atoms with van der Waals surface area (Å²) >= 11 is 0. The van der Waals surface area contributed by atoms with Crippen LogP contribution in [0.2, 0.25) is 0 Å². The summed E-state index contributed by atoms with van der Waals surface area (Å²) in [6.45, 7) is 4.88. The molecule has 0 saturated carbocycles. The van der Waals surface area contributed by atoms with Gasteiger partial charge in [-0.15, -0.1) is 0 Å². The van der Waals surface area contributed by atoms with E-state index in [-0.39, 0.29) is 11.3 Å². The van der Waals surface area contributed by atoms with Crippen molar-refractivity contribution in [1.29, 1.82) is 0 Å². The van der Waals surface area contributed by atoms with Crippen molar-refractivity contribution in [1.82, 2.24) is 15.0 Å². The van der Waals surface area contributed by atoms with Crippen LogP contribution in [0.1, 0.15) is 28.5 Å². The number of H-pyrrole nitrogens is 2. The lowest BCUT2D eigenvalue weighted by Crippen LogP contribution is -2.23. The number of aryl methyl sites for hydroxylation is 1. The summed E-state index contributed by atoms with van der Waals surface area (Å²) in [6.07, 6.45) is 0. The molecule has 10 heteroatoms. The third-order valence-corrected chi connectivity index (χ3v) is 5.58. The van der Waals surface area contributed by atoms with Gasteiger partial charge >= 0.3 is 5.51 Å². The minimum absolute atomic E-state index is 0.128. The summed E-state index contributed by atoms with van der Waals surface area (Å²) in [5, 5.41) is 0. The van der Waals surface area contributed by atoms with Gasteiger partial charge in [-0.25, -0.2) is 13.4 Å². The molecule has 2 aromatic heterocycles. The molecule has 0 amide bonds. The monoisotopic (exact) mass is 385 g/mol. The summed E-state index contributed by atoms with van der Waals surface area (Å²) < 4.78 is 61.2. The van der Waals surface area contributed by atoms with Crippen LogP contribution in [0.5, 0.6) is 0 Å².